The minimum absolute atomic E-state index is 0.816. The van der Waals surface area contributed by atoms with Gasteiger partial charge in [-0.05, 0) is 24.0 Å². The zero-order valence-corrected chi connectivity index (χ0v) is 23.3. The van der Waals surface area contributed by atoms with Crippen LogP contribution in [0.15, 0.2) is 97.6 Å². The van der Waals surface area contributed by atoms with Crippen LogP contribution < -0.4 is 18.9 Å². The van der Waals surface area contributed by atoms with E-state index in [1.54, 1.807) is 0 Å². The standard InChI is InChI=1S/C34H40N4O2/c1(29-3-7-31(8-4-29)27-35-15-11-33(12-16-35)37-19-23-39-24-20-37)2-30-5-9-32(10-6-30)28-36-17-13-34(14-18-36)38-21-25-40-26-22-38/h3-18H,1-2,19-28H2/q+2. The molecule has 0 spiro atoms. The number of nitrogens with zero attached hydrogens (tertiary/aromatic N) is 4. The fourth-order valence-corrected chi connectivity index (χ4v) is 5.51. The molecule has 2 aromatic heterocycles. The lowest BCUT2D eigenvalue weighted by Gasteiger charge is -2.28. The van der Waals surface area contributed by atoms with Gasteiger partial charge in [0.15, 0.2) is 37.9 Å². The fourth-order valence-electron chi connectivity index (χ4n) is 5.51. The van der Waals surface area contributed by atoms with E-state index in [2.05, 4.69) is 117 Å². The zero-order chi connectivity index (χ0) is 27.0. The van der Waals surface area contributed by atoms with E-state index in [1.807, 2.05) is 0 Å². The Kier molecular flexibility index (Phi) is 8.66. The number of hydrogen-bond donors (Lipinski definition) is 0. The summed E-state index contributed by atoms with van der Waals surface area (Å²) < 4.78 is 15.4. The molecule has 6 rings (SSSR count). The predicted octanol–water partition coefficient (Wildman–Crippen LogP) is 3.82. The highest BCUT2D eigenvalue weighted by molar-refractivity contribution is 5.44. The normalized spacial score (nSPS) is 15.8. The molecule has 6 nitrogen and oxygen atoms in total. The minimum Gasteiger partial charge on any atom is -0.378 e. The number of ether oxygens (including phenoxy) is 2. The van der Waals surface area contributed by atoms with Crippen molar-refractivity contribution in [3.8, 4) is 0 Å². The van der Waals surface area contributed by atoms with Gasteiger partial charge in [-0.3, -0.25) is 0 Å². The van der Waals surface area contributed by atoms with Gasteiger partial charge in [0.05, 0.1) is 26.4 Å². The van der Waals surface area contributed by atoms with Crippen molar-refractivity contribution in [1.29, 1.82) is 0 Å². The Bertz CT molecular complexity index is 1220. The van der Waals surface area contributed by atoms with Crippen molar-refractivity contribution in [2.24, 2.45) is 0 Å². The molecule has 2 aromatic carbocycles. The summed E-state index contributed by atoms with van der Waals surface area (Å²) in [6.07, 6.45) is 10.8. The Morgan fingerprint density at radius 1 is 0.450 bits per heavy atom. The molecular formula is C34H40N4O2+2. The molecule has 4 aromatic rings. The summed E-state index contributed by atoms with van der Waals surface area (Å²) in [4.78, 5) is 4.78. The van der Waals surface area contributed by atoms with Gasteiger partial charge in [-0.2, -0.15) is 0 Å². The lowest BCUT2D eigenvalue weighted by atomic mass is 10.0. The molecular weight excluding hydrogens is 496 g/mol. The number of hydrogen-bond acceptors (Lipinski definition) is 4. The van der Waals surface area contributed by atoms with Crippen LogP contribution in [0, 0.1) is 0 Å². The molecule has 0 N–H and O–H groups in total. The van der Waals surface area contributed by atoms with Gasteiger partial charge in [0.1, 0.15) is 0 Å². The summed E-state index contributed by atoms with van der Waals surface area (Å²) in [5, 5.41) is 0. The van der Waals surface area contributed by atoms with E-state index in [-0.39, 0.29) is 0 Å². The van der Waals surface area contributed by atoms with E-state index in [0.29, 0.717) is 0 Å². The predicted molar refractivity (Wildman–Crippen MR) is 158 cm³/mol. The average molecular weight is 537 g/mol. The van der Waals surface area contributed by atoms with Gasteiger partial charge in [-0.1, -0.05) is 48.5 Å². The highest BCUT2D eigenvalue weighted by atomic mass is 16.5. The molecule has 6 heteroatoms. The number of pyridine rings is 2. The third-order valence-electron chi connectivity index (χ3n) is 7.98. The summed E-state index contributed by atoms with van der Waals surface area (Å²) in [5.74, 6) is 0. The van der Waals surface area contributed by atoms with Crippen molar-refractivity contribution < 1.29 is 18.6 Å². The second kappa shape index (κ2) is 13.1. The van der Waals surface area contributed by atoms with Crippen LogP contribution in [0.1, 0.15) is 22.3 Å². The minimum atomic E-state index is 0.816. The van der Waals surface area contributed by atoms with Crippen LogP contribution in [0.3, 0.4) is 0 Å². The Morgan fingerprint density at radius 2 is 0.775 bits per heavy atom. The number of aromatic nitrogens is 2. The lowest BCUT2D eigenvalue weighted by molar-refractivity contribution is -0.688. The summed E-state index contributed by atoms with van der Waals surface area (Å²) >= 11 is 0. The van der Waals surface area contributed by atoms with Crippen molar-refractivity contribution in [2.75, 3.05) is 62.4 Å². The molecule has 0 radical (unpaired) electrons. The second-order valence-electron chi connectivity index (χ2n) is 10.8. The van der Waals surface area contributed by atoms with Crippen molar-refractivity contribution in [3.63, 3.8) is 0 Å². The third kappa shape index (κ3) is 7.06. The molecule has 4 heterocycles. The van der Waals surface area contributed by atoms with E-state index in [0.717, 1.165) is 78.5 Å². The first-order valence-electron chi connectivity index (χ1n) is 14.6. The van der Waals surface area contributed by atoms with Gasteiger partial charge in [-0.25, -0.2) is 9.13 Å². The zero-order valence-electron chi connectivity index (χ0n) is 23.3. The first-order valence-corrected chi connectivity index (χ1v) is 14.6. The number of rotatable bonds is 9. The Morgan fingerprint density at radius 3 is 1.12 bits per heavy atom. The van der Waals surface area contributed by atoms with E-state index >= 15 is 0 Å². The molecule has 0 aliphatic carbocycles. The number of morpholine rings is 2. The smallest absolute Gasteiger partial charge is 0.173 e. The Hall–Kier alpha value is -3.74. The maximum Gasteiger partial charge on any atom is 0.173 e. The summed E-state index contributed by atoms with van der Waals surface area (Å²) in [6, 6.07) is 27.0. The van der Waals surface area contributed by atoms with Crippen molar-refractivity contribution in [2.45, 2.75) is 25.9 Å². The van der Waals surface area contributed by atoms with E-state index < -0.39 is 0 Å². The summed E-state index contributed by atoms with van der Waals surface area (Å²) in [6.45, 7) is 8.93. The van der Waals surface area contributed by atoms with Crippen LogP contribution >= 0.6 is 0 Å². The topological polar surface area (TPSA) is 32.7 Å². The van der Waals surface area contributed by atoms with Crippen LogP contribution in [-0.2, 0) is 35.4 Å². The van der Waals surface area contributed by atoms with Gasteiger partial charge in [0, 0.05) is 72.9 Å². The maximum atomic E-state index is 5.47. The lowest BCUT2D eigenvalue weighted by Crippen LogP contribution is -2.38. The van der Waals surface area contributed by atoms with Gasteiger partial charge >= 0.3 is 0 Å². The van der Waals surface area contributed by atoms with Crippen molar-refractivity contribution >= 4 is 11.4 Å². The van der Waals surface area contributed by atoms with E-state index in [9.17, 15) is 0 Å². The summed E-state index contributed by atoms with van der Waals surface area (Å²) in [7, 11) is 0. The molecule has 0 saturated carbocycles. The molecule has 40 heavy (non-hydrogen) atoms. The third-order valence-corrected chi connectivity index (χ3v) is 7.98. The highest BCUT2D eigenvalue weighted by Crippen LogP contribution is 2.15. The van der Waals surface area contributed by atoms with E-state index in [1.165, 1.54) is 33.6 Å². The SMILES string of the molecule is c1cc(C[n+]2ccc(N3CCOCC3)cc2)ccc1CCc1ccc(C[n+]2ccc(N3CCOCC3)cc2)cc1. The van der Waals surface area contributed by atoms with Crippen LogP contribution in [0.25, 0.3) is 0 Å². The fraction of sp³-hybridized carbons (Fsp3) is 0.353. The molecule has 2 saturated heterocycles. The molecule has 206 valence electrons. The summed E-state index contributed by atoms with van der Waals surface area (Å²) in [5.41, 5.74) is 7.98. The monoisotopic (exact) mass is 536 g/mol. The van der Waals surface area contributed by atoms with E-state index in [4.69, 9.17) is 9.47 Å². The molecule has 2 fully saturated rings. The molecule has 2 aliphatic rings. The number of benzene rings is 2. The van der Waals surface area contributed by atoms with Crippen LogP contribution in [0.4, 0.5) is 11.4 Å². The van der Waals surface area contributed by atoms with Crippen molar-refractivity contribution in [3.05, 3.63) is 120 Å². The van der Waals surface area contributed by atoms with Crippen LogP contribution in [0.5, 0.6) is 0 Å². The molecule has 2 aliphatic heterocycles. The average Bonchev–Trinajstić information content (AvgIpc) is 3.03. The van der Waals surface area contributed by atoms with Crippen LogP contribution in [-0.4, -0.2) is 52.6 Å². The second-order valence-corrected chi connectivity index (χ2v) is 10.8. The molecule has 0 atom stereocenters. The Balaban J connectivity index is 0.965. The maximum absolute atomic E-state index is 5.47. The number of aryl methyl sites for hydroxylation is 2. The quantitative estimate of drug-likeness (QED) is 0.305. The van der Waals surface area contributed by atoms with Gasteiger partial charge in [0.2, 0.25) is 0 Å². The molecule has 0 bridgehead atoms. The molecule has 0 amide bonds. The first-order chi connectivity index (χ1) is 19.8. The Labute approximate surface area is 238 Å². The largest absolute Gasteiger partial charge is 0.378 e. The number of anilines is 2. The van der Waals surface area contributed by atoms with Crippen LogP contribution in [0.2, 0.25) is 0 Å². The highest BCUT2D eigenvalue weighted by Gasteiger charge is 2.14. The van der Waals surface area contributed by atoms with Gasteiger partial charge < -0.3 is 19.3 Å². The van der Waals surface area contributed by atoms with Crippen molar-refractivity contribution in [1.82, 2.24) is 0 Å². The molecule has 0 unspecified atom stereocenters. The van der Waals surface area contributed by atoms with Gasteiger partial charge in [-0.15, -0.1) is 0 Å². The first kappa shape index (κ1) is 26.5. The van der Waals surface area contributed by atoms with Gasteiger partial charge in [0.25, 0.3) is 0 Å².